The van der Waals surface area contributed by atoms with Crippen LogP contribution in [-0.4, -0.2) is 66.0 Å². The summed E-state index contributed by atoms with van der Waals surface area (Å²) in [5, 5.41) is -0.0615. The number of hydrogen-bond donors (Lipinski definition) is 0. The van der Waals surface area contributed by atoms with Gasteiger partial charge in [0.1, 0.15) is 5.69 Å². The predicted octanol–water partition coefficient (Wildman–Crippen LogP) is 5.16. The number of pyridine rings is 2. The van der Waals surface area contributed by atoms with Crippen LogP contribution < -0.4 is 14.5 Å². The van der Waals surface area contributed by atoms with E-state index in [0.29, 0.717) is 48.8 Å². The number of fused-ring (bicyclic) bond motifs is 1. The second-order valence-corrected chi connectivity index (χ2v) is 9.29. The fourth-order valence-electron chi connectivity index (χ4n) is 4.91. The number of halogens is 4. The third-order valence-electron chi connectivity index (χ3n) is 6.59. The lowest BCUT2D eigenvalue weighted by Crippen LogP contribution is -2.52. The molecule has 0 bridgehead atoms. The summed E-state index contributed by atoms with van der Waals surface area (Å²) >= 11 is 5.81. The molecule has 0 saturated carbocycles. The Labute approximate surface area is 221 Å². The topological polar surface area (TPSA) is 78.9 Å². The van der Waals surface area contributed by atoms with Crippen LogP contribution in [0.4, 0.5) is 29.3 Å². The van der Waals surface area contributed by atoms with E-state index in [1.54, 1.807) is 35.4 Å². The number of benzene rings is 1. The fourth-order valence-corrected chi connectivity index (χ4v) is 5.08. The first-order valence-corrected chi connectivity index (χ1v) is 12.3. The lowest BCUT2D eigenvalue weighted by Gasteiger charge is -2.38. The van der Waals surface area contributed by atoms with Gasteiger partial charge < -0.3 is 14.5 Å². The number of ether oxygens (including phenoxy) is 1. The van der Waals surface area contributed by atoms with Gasteiger partial charge in [-0.3, -0.25) is 9.69 Å². The number of alkyl halides is 3. The Kier molecular flexibility index (Phi) is 6.87. The monoisotopic (exact) mass is 545 g/mol. The molecule has 0 N–H and O–H groups in total. The van der Waals surface area contributed by atoms with Crippen LogP contribution in [0.5, 0.6) is 5.88 Å². The summed E-state index contributed by atoms with van der Waals surface area (Å²) in [5.74, 6) is 0.408. The van der Waals surface area contributed by atoms with Crippen LogP contribution in [0, 0.1) is 0 Å². The number of carbonyl (C=O) groups is 2. The van der Waals surface area contributed by atoms with E-state index < -0.39 is 17.8 Å². The Morgan fingerprint density at radius 3 is 2.66 bits per heavy atom. The zero-order valence-corrected chi connectivity index (χ0v) is 21.0. The minimum absolute atomic E-state index is 0.0615. The highest BCUT2D eigenvalue weighted by Gasteiger charge is 2.45. The second kappa shape index (κ2) is 10.1. The summed E-state index contributed by atoms with van der Waals surface area (Å²) in [6, 6.07) is 9.62. The average molecular weight is 546 g/mol. The average Bonchev–Trinajstić information content (AvgIpc) is 3.23. The van der Waals surface area contributed by atoms with Crippen LogP contribution in [0.1, 0.15) is 23.0 Å². The SMILES string of the molecule is CCOc1ncccc1-c1ccc(N2CCN3C(=O)N(c4ccc(Cl)cc4C(F)(F)F)C[C@@H]3C2)c(C=O)n1. The Bertz CT molecular complexity index is 1390. The summed E-state index contributed by atoms with van der Waals surface area (Å²) in [4.78, 5) is 38.5. The molecule has 0 radical (unpaired) electrons. The lowest BCUT2D eigenvalue weighted by atomic mass is 10.1. The summed E-state index contributed by atoms with van der Waals surface area (Å²) in [7, 11) is 0. The molecule has 0 spiro atoms. The zero-order chi connectivity index (χ0) is 27.0. The van der Waals surface area contributed by atoms with Crippen molar-refractivity contribution in [2.45, 2.75) is 19.1 Å². The number of aromatic nitrogens is 2. The van der Waals surface area contributed by atoms with E-state index >= 15 is 0 Å². The van der Waals surface area contributed by atoms with Crippen molar-refractivity contribution in [2.75, 3.05) is 42.6 Å². The van der Waals surface area contributed by atoms with Gasteiger partial charge in [0.15, 0.2) is 6.29 Å². The van der Waals surface area contributed by atoms with E-state index in [2.05, 4.69) is 9.97 Å². The van der Waals surface area contributed by atoms with Gasteiger partial charge in [-0.1, -0.05) is 11.6 Å². The Morgan fingerprint density at radius 1 is 1.13 bits per heavy atom. The fraction of sp³-hybridized carbons (Fsp3) is 0.308. The molecule has 2 aromatic heterocycles. The zero-order valence-electron chi connectivity index (χ0n) is 20.3. The molecule has 1 aromatic carbocycles. The number of aldehydes is 1. The molecule has 2 aliphatic rings. The van der Waals surface area contributed by atoms with Gasteiger partial charge in [-0.25, -0.2) is 14.8 Å². The van der Waals surface area contributed by atoms with E-state index in [0.717, 1.165) is 11.0 Å². The van der Waals surface area contributed by atoms with Gasteiger partial charge in [-0.05, 0) is 49.4 Å². The lowest BCUT2D eigenvalue weighted by molar-refractivity contribution is -0.137. The van der Waals surface area contributed by atoms with E-state index in [-0.39, 0.29) is 35.5 Å². The van der Waals surface area contributed by atoms with Crippen LogP contribution >= 0.6 is 11.6 Å². The van der Waals surface area contributed by atoms with Crippen LogP contribution in [0.15, 0.2) is 48.7 Å². The second-order valence-electron chi connectivity index (χ2n) is 8.85. The minimum atomic E-state index is -4.67. The molecule has 2 amide bonds. The number of nitrogens with zero attached hydrogens (tertiary/aromatic N) is 5. The van der Waals surface area contributed by atoms with Crippen molar-refractivity contribution < 1.29 is 27.5 Å². The Hall–Kier alpha value is -3.86. The predicted molar refractivity (Wildman–Crippen MR) is 136 cm³/mol. The van der Waals surface area contributed by atoms with Gasteiger partial charge in [0.2, 0.25) is 5.88 Å². The van der Waals surface area contributed by atoms with E-state index in [1.807, 2.05) is 11.8 Å². The van der Waals surface area contributed by atoms with Gasteiger partial charge in [0.25, 0.3) is 0 Å². The summed E-state index contributed by atoms with van der Waals surface area (Å²) < 4.78 is 46.7. The third kappa shape index (κ3) is 4.73. The molecule has 5 rings (SSSR count). The third-order valence-corrected chi connectivity index (χ3v) is 6.83. The quantitative estimate of drug-likeness (QED) is 0.398. The van der Waals surface area contributed by atoms with Crippen molar-refractivity contribution in [3.8, 4) is 17.1 Å². The van der Waals surface area contributed by atoms with E-state index in [4.69, 9.17) is 16.3 Å². The molecule has 38 heavy (non-hydrogen) atoms. The first kappa shape index (κ1) is 25.8. The van der Waals surface area contributed by atoms with Crippen LogP contribution in [0.25, 0.3) is 11.3 Å². The number of urea groups is 1. The molecule has 2 fully saturated rings. The Morgan fingerprint density at radius 2 is 1.92 bits per heavy atom. The number of piperazine rings is 1. The molecule has 0 aliphatic carbocycles. The molecular weight excluding hydrogens is 523 g/mol. The number of anilines is 2. The number of rotatable bonds is 6. The van der Waals surface area contributed by atoms with Gasteiger partial charge in [0.05, 0.1) is 40.8 Å². The van der Waals surface area contributed by atoms with Crippen molar-refractivity contribution >= 4 is 35.3 Å². The number of carbonyl (C=O) groups excluding carboxylic acids is 2. The minimum Gasteiger partial charge on any atom is -0.477 e. The van der Waals surface area contributed by atoms with Crippen molar-refractivity contribution in [1.29, 1.82) is 0 Å². The van der Waals surface area contributed by atoms with Crippen molar-refractivity contribution in [3.05, 3.63) is 64.9 Å². The molecule has 8 nitrogen and oxygen atoms in total. The maximum absolute atomic E-state index is 13.7. The number of hydrogen-bond acceptors (Lipinski definition) is 6. The van der Waals surface area contributed by atoms with Gasteiger partial charge in [-0.2, -0.15) is 13.2 Å². The Balaban J connectivity index is 1.40. The highest BCUT2D eigenvalue weighted by atomic mass is 35.5. The first-order valence-electron chi connectivity index (χ1n) is 12.0. The summed E-state index contributed by atoms with van der Waals surface area (Å²) in [5.41, 5.74) is 0.776. The largest absolute Gasteiger partial charge is 0.477 e. The standard InChI is InChI=1S/C26H23ClF3N5O3/c1-2-38-24-18(4-3-9-31-24)20-6-8-23(21(15-36)32-20)33-10-11-34-17(13-33)14-35(25(34)37)22-7-5-16(27)12-19(22)26(28,29)30/h3-9,12,15,17H,2,10-11,13-14H2,1H3/t17-/m0/s1. The molecule has 2 saturated heterocycles. The first-order chi connectivity index (χ1) is 18.2. The van der Waals surface area contributed by atoms with Crippen molar-refractivity contribution in [3.63, 3.8) is 0 Å². The van der Waals surface area contributed by atoms with Crippen LogP contribution in [0.2, 0.25) is 5.02 Å². The van der Waals surface area contributed by atoms with Crippen molar-refractivity contribution in [2.24, 2.45) is 0 Å². The summed E-state index contributed by atoms with van der Waals surface area (Å²) in [6.45, 7) is 3.33. The molecule has 3 aromatic rings. The molecule has 12 heteroatoms. The van der Waals surface area contributed by atoms with Gasteiger partial charge >= 0.3 is 12.2 Å². The molecule has 4 heterocycles. The number of amides is 2. The normalized spacial score (nSPS) is 17.6. The molecule has 0 unspecified atom stereocenters. The maximum Gasteiger partial charge on any atom is 0.418 e. The molecule has 198 valence electrons. The summed E-state index contributed by atoms with van der Waals surface area (Å²) in [6.07, 6.45) is -2.40. The van der Waals surface area contributed by atoms with Gasteiger partial charge in [0, 0.05) is 37.4 Å². The molecule has 2 aliphatic heterocycles. The maximum atomic E-state index is 13.7. The van der Waals surface area contributed by atoms with E-state index in [9.17, 15) is 22.8 Å². The molecule has 1 atom stereocenters. The highest BCUT2D eigenvalue weighted by Crippen LogP contribution is 2.40. The van der Waals surface area contributed by atoms with Gasteiger partial charge in [-0.15, -0.1) is 0 Å². The highest BCUT2D eigenvalue weighted by molar-refractivity contribution is 6.30. The molecular formula is C26H23ClF3N5O3. The smallest absolute Gasteiger partial charge is 0.418 e. The van der Waals surface area contributed by atoms with Crippen molar-refractivity contribution in [1.82, 2.24) is 14.9 Å². The van der Waals surface area contributed by atoms with Crippen LogP contribution in [0.3, 0.4) is 0 Å². The van der Waals surface area contributed by atoms with Crippen LogP contribution in [-0.2, 0) is 6.18 Å². The van der Waals surface area contributed by atoms with E-state index in [1.165, 1.54) is 12.1 Å².